The standard InChI is InChI=1S/C37H54O6/c1-6-7-8-9-10-11-12-13-14-15-16-17-18-19-20-21-35(40)42-28-30-25-34(41-5)32-22-23-37(4,26-31(39)24-29(2)3)43-36(32)33(30)27-38/h10-11,13-14,24-25,27H,6-9,12,15-23,26,28H2,1-5H3/t37-/m0/s1. The van der Waals surface area contributed by atoms with E-state index < -0.39 is 5.60 Å². The largest absolute Gasteiger partial charge is 0.496 e. The van der Waals surface area contributed by atoms with E-state index in [-0.39, 0.29) is 24.8 Å². The number of ketones is 1. The number of hydrogen-bond donors (Lipinski definition) is 0. The lowest BCUT2D eigenvalue weighted by Crippen LogP contribution is -2.39. The Bertz CT molecular complexity index is 1120. The number of unbranched alkanes of at least 4 members (excludes halogenated alkanes) is 8. The lowest BCUT2D eigenvalue weighted by atomic mass is 9.86. The van der Waals surface area contributed by atoms with Crippen LogP contribution in [0.1, 0.15) is 139 Å². The van der Waals surface area contributed by atoms with Crippen molar-refractivity contribution in [2.75, 3.05) is 7.11 Å². The number of esters is 1. The van der Waals surface area contributed by atoms with Gasteiger partial charge in [0.25, 0.3) is 0 Å². The van der Waals surface area contributed by atoms with Gasteiger partial charge in [-0.1, -0.05) is 68.9 Å². The van der Waals surface area contributed by atoms with Crippen LogP contribution in [0.5, 0.6) is 11.5 Å². The van der Waals surface area contributed by atoms with E-state index in [1.807, 2.05) is 20.8 Å². The molecule has 238 valence electrons. The van der Waals surface area contributed by atoms with Gasteiger partial charge in [-0.05, 0) is 84.3 Å². The highest BCUT2D eigenvalue weighted by Gasteiger charge is 2.37. The second kappa shape index (κ2) is 19.9. The molecule has 0 fully saturated rings. The van der Waals surface area contributed by atoms with E-state index in [4.69, 9.17) is 14.2 Å². The van der Waals surface area contributed by atoms with E-state index in [9.17, 15) is 14.4 Å². The molecule has 0 amide bonds. The van der Waals surface area contributed by atoms with E-state index >= 15 is 0 Å². The molecule has 0 bridgehead atoms. The van der Waals surface area contributed by atoms with Gasteiger partial charge in [0.2, 0.25) is 0 Å². The molecule has 43 heavy (non-hydrogen) atoms. The van der Waals surface area contributed by atoms with Crippen molar-refractivity contribution in [1.29, 1.82) is 0 Å². The van der Waals surface area contributed by atoms with Gasteiger partial charge in [0, 0.05) is 24.0 Å². The predicted molar refractivity (Wildman–Crippen MR) is 174 cm³/mol. The van der Waals surface area contributed by atoms with Gasteiger partial charge in [-0.2, -0.15) is 0 Å². The number of benzene rings is 1. The Balaban J connectivity index is 1.78. The van der Waals surface area contributed by atoms with Crippen LogP contribution in [0.15, 0.2) is 42.0 Å². The van der Waals surface area contributed by atoms with Gasteiger partial charge in [0.05, 0.1) is 12.7 Å². The summed E-state index contributed by atoms with van der Waals surface area (Å²) in [7, 11) is 1.57. The Kier molecular flexibility index (Phi) is 16.7. The van der Waals surface area contributed by atoms with E-state index in [0.29, 0.717) is 41.9 Å². The zero-order chi connectivity index (χ0) is 31.5. The van der Waals surface area contributed by atoms with Crippen molar-refractivity contribution >= 4 is 18.0 Å². The van der Waals surface area contributed by atoms with Crippen molar-refractivity contribution in [3.63, 3.8) is 0 Å². The van der Waals surface area contributed by atoms with Crippen LogP contribution in [0, 0.1) is 0 Å². The number of ether oxygens (including phenoxy) is 3. The van der Waals surface area contributed by atoms with Gasteiger partial charge in [0.15, 0.2) is 12.1 Å². The molecule has 0 saturated heterocycles. The fourth-order valence-corrected chi connectivity index (χ4v) is 5.39. The summed E-state index contributed by atoms with van der Waals surface area (Å²) in [5.41, 5.74) is 1.89. The van der Waals surface area contributed by atoms with Gasteiger partial charge in [-0.15, -0.1) is 0 Å². The molecule has 0 aliphatic carbocycles. The minimum Gasteiger partial charge on any atom is -0.496 e. The minimum absolute atomic E-state index is 0.0102. The maximum atomic E-state index is 12.5. The van der Waals surface area contributed by atoms with Crippen molar-refractivity contribution in [2.24, 2.45) is 0 Å². The monoisotopic (exact) mass is 594 g/mol. The van der Waals surface area contributed by atoms with Gasteiger partial charge >= 0.3 is 5.97 Å². The summed E-state index contributed by atoms with van der Waals surface area (Å²) in [6.45, 7) is 7.86. The first-order valence-electron chi connectivity index (χ1n) is 16.2. The lowest BCUT2D eigenvalue weighted by molar-refractivity contribution is -0.145. The molecule has 0 N–H and O–H groups in total. The highest BCUT2D eigenvalue weighted by atomic mass is 16.5. The molecule has 1 aliphatic rings. The normalized spacial score (nSPS) is 16.1. The fourth-order valence-electron chi connectivity index (χ4n) is 5.39. The highest BCUT2D eigenvalue weighted by molar-refractivity contribution is 5.91. The maximum Gasteiger partial charge on any atom is 0.306 e. The lowest BCUT2D eigenvalue weighted by Gasteiger charge is -2.37. The first-order chi connectivity index (χ1) is 20.7. The predicted octanol–water partition coefficient (Wildman–Crippen LogP) is 9.37. The van der Waals surface area contributed by atoms with Crippen LogP contribution >= 0.6 is 0 Å². The van der Waals surface area contributed by atoms with Crippen LogP contribution in [0.3, 0.4) is 0 Å². The van der Waals surface area contributed by atoms with E-state index in [2.05, 4.69) is 31.2 Å². The fraction of sp³-hybridized carbons (Fsp3) is 0.595. The van der Waals surface area contributed by atoms with Gasteiger partial charge in [-0.25, -0.2) is 0 Å². The molecule has 0 aromatic heterocycles. The SMILES string of the molecule is CCCCCC=CCC=CCCCCCCCC(=O)OCc1cc(OC)c2c(c1C=O)O[C@](C)(CC(=O)C=C(C)C)CC2. The van der Waals surface area contributed by atoms with Crippen molar-refractivity contribution in [3.8, 4) is 11.5 Å². The third-order valence-electron chi connectivity index (χ3n) is 7.78. The molecule has 6 nitrogen and oxygen atoms in total. The molecule has 1 aromatic carbocycles. The maximum absolute atomic E-state index is 12.5. The summed E-state index contributed by atoms with van der Waals surface area (Å²) < 4.78 is 17.5. The number of allylic oxidation sites excluding steroid dienone is 6. The number of carbonyl (C=O) groups is 3. The third kappa shape index (κ3) is 13.4. The van der Waals surface area contributed by atoms with E-state index in [1.165, 1.54) is 32.1 Å². The van der Waals surface area contributed by atoms with Crippen molar-refractivity contribution in [2.45, 2.75) is 136 Å². The third-order valence-corrected chi connectivity index (χ3v) is 7.78. The number of rotatable bonds is 21. The van der Waals surface area contributed by atoms with Gasteiger partial charge in [0.1, 0.15) is 23.7 Å². The van der Waals surface area contributed by atoms with E-state index in [0.717, 1.165) is 55.9 Å². The van der Waals surface area contributed by atoms with Gasteiger partial charge in [-0.3, -0.25) is 14.4 Å². The van der Waals surface area contributed by atoms with Crippen molar-refractivity contribution < 1.29 is 28.6 Å². The topological polar surface area (TPSA) is 78.9 Å². The number of methoxy groups -OCH3 is 1. The average Bonchev–Trinajstić information content (AvgIpc) is 2.96. The second-order valence-corrected chi connectivity index (χ2v) is 12.1. The number of carbonyl (C=O) groups excluding carboxylic acids is 3. The molecule has 1 atom stereocenters. The van der Waals surface area contributed by atoms with Crippen LogP contribution in [0.25, 0.3) is 0 Å². The zero-order valence-electron chi connectivity index (χ0n) is 27.3. The summed E-state index contributed by atoms with van der Waals surface area (Å²) >= 11 is 0. The minimum atomic E-state index is -0.741. The van der Waals surface area contributed by atoms with Crippen LogP contribution in [-0.2, 0) is 27.4 Å². The number of aldehydes is 1. The molecule has 1 heterocycles. The van der Waals surface area contributed by atoms with Crippen molar-refractivity contribution in [1.82, 2.24) is 0 Å². The average molecular weight is 595 g/mol. The molecule has 0 radical (unpaired) electrons. The van der Waals surface area contributed by atoms with Crippen LogP contribution in [-0.4, -0.2) is 30.7 Å². The summed E-state index contributed by atoms with van der Waals surface area (Å²) in [6, 6.07) is 1.76. The summed E-state index contributed by atoms with van der Waals surface area (Å²) in [5, 5.41) is 0. The van der Waals surface area contributed by atoms with Crippen LogP contribution < -0.4 is 9.47 Å². The van der Waals surface area contributed by atoms with Gasteiger partial charge < -0.3 is 14.2 Å². The zero-order valence-corrected chi connectivity index (χ0v) is 27.3. The Morgan fingerprint density at radius 1 is 0.977 bits per heavy atom. The Morgan fingerprint density at radius 3 is 2.30 bits per heavy atom. The molecule has 0 unspecified atom stereocenters. The molecule has 1 aromatic rings. The molecular weight excluding hydrogens is 540 g/mol. The Morgan fingerprint density at radius 2 is 1.65 bits per heavy atom. The number of fused-ring (bicyclic) bond motifs is 1. The molecule has 0 saturated carbocycles. The molecule has 2 rings (SSSR count). The summed E-state index contributed by atoms with van der Waals surface area (Å²) in [4.78, 5) is 37.2. The van der Waals surface area contributed by atoms with E-state index in [1.54, 1.807) is 19.3 Å². The molecule has 6 heteroatoms. The number of hydrogen-bond acceptors (Lipinski definition) is 6. The molecule has 1 aliphatic heterocycles. The van der Waals surface area contributed by atoms with Crippen LogP contribution in [0.2, 0.25) is 0 Å². The summed E-state index contributed by atoms with van der Waals surface area (Å²) in [5.74, 6) is 0.729. The molecular formula is C37H54O6. The second-order valence-electron chi connectivity index (χ2n) is 12.1. The molecule has 0 spiro atoms. The smallest absolute Gasteiger partial charge is 0.306 e. The van der Waals surface area contributed by atoms with Crippen molar-refractivity contribution in [3.05, 3.63) is 58.7 Å². The summed E-state index contributed by atoms with van der Waals surface area (Å²) in [6.07, 6.45) is 25.6. The highest BCUT2D eigenvalue weighted by Crippen LogP contribution is 2.43. The first-order valence-corrected chi connectivity index (χ1v) is 16.2. The Hall–Kier alpha value is -3.15. The quantitative estimate of drug-likeness (QED) is 0.0464. The van der Waals surface area contributed by atoms with Crippen LogP contribution in [0.4, 0.5) is 0 Å². The first kappa shape index (κ1) is 36.0. The Labute approximate surface area is 259 Å².